The van der Waals surface area contributed by atoms with E-state index in [-0.39, 0.29) is 5.41 Å². The lowest BCUT2D eigenvalue weighted by Crippen LogP contribution is -2.13. The zero-order valence-corrected chi connectivity index (χ0v) is 9.19. The van der Waals surface area contributed by atoms with Gasteiger partial charge in [-0.25, -0.2) is 0 Å². The first-order valence-electron chi connectivity index (χ1n) is 4.89. The Morgan fingerprint density at radius 1 is 1.00 bits per heavy atom. The summed E-state index contributed by atoms with van der Waals surface area (Å²) in [4.78, 5) is 1.51. The molecule has 0 bridgehead atoms. The van der Waals surface area contributed by atoms with Crippen LogP contribution in [-0.4, -0.2) is 0 Å². The van der Waals surface area contributed by atoms with Gasteiger partial charge in [-0.1, -0.05) is 38.1 Å². The van der Waals surface area contributed by atoms with Crippen LogP contribution in [0.15, 0.2) is 35.7 Å². The summed E-state index contributed by atoms with van der Waals surface area (Å²) in [6.07, 6.45) is 0. The van der Waals surface area contributed by atoms with Crippen molar-refractivity contribution in [2.24, 2.45) is 0 Å². The van der Waals surface area contributed by atoms with E-state index in [2.05, 4.69) is 49.6 Å². The summed E-state index contributed by atoms with van der Waals surface area (Å²) >= 11 is 1.88. The maximum Gasteiger partial charge on any atom is 0.0252 e. The molecule has 0 nitrogen and oxygen atoms in total. The molecule has 0 aliphatic heterocycles. The molecule has 1 aliphatic carbocycles. The van der Waals surface area contributed by atoms with Gasteiger partial charge in [-0.05, 0) is 28.1 Å². The first-order chi connectivity index (χ1) is 6.71. The molecular weight excluding hydrogens is 188 g/mol. The fourth-order valence-electron chi connectivity index (χ4n) is 2.39. The van der Waals surface area contributed by atoms with Crippen molar-refractivity contribution in [3.8, 4) is 11.1 Å². The highest BCUT2D eigenvalue weighted by atomic mass is 32.1. The number of hydrogen-bond acceptors (Lipinski definition) is 1. The Bertz CT molecular complexity index is 491. The van der Waals surface area contributed by atoms with Crippen LogP contribution in [-0.2, 0) is 5.41 Å². The average Bonchev–Trinajstić information content (AvgIpc) is 2.72. The van der Waals surface area contributed by atoms with Gasteiger partial charge in [0, 0.05) is 10.3 Å². The van der Waals surface area contributed by atoms with Crippen LogP contribution in [0.3, 0.4) is 0 Å². The minimum atomic E-state index is 0.208. The van der Waals surface area contributed by atoms with Gasteiger partial charge < -0.3 is 0 Å². The van der Waals surface area contributed by atoms with Crippen LogP contribution in [0, 0.1) is 0 Å². The Labute approximate surface area is 88.2 Å². The number of hydrogen-bond donors (Lipinski definition) is 0. The largest absolute Gasteiger partial charge is 0.147 e. The van der Waals surface area contributed by atoms with Crippen molar-refractivity contribution < 1.29 is 0 Å². The van der Waals surface area contributed by atoms with Crippen LogP contribution in [0.5, 0.6) is 0 Å². The summed E-state index contributed by atoms with van der Waals surface area (Å²) in [7, 11) is 0. The molecule has 14 heavy (non-hydrogen) atoms. The molecule has 1 aliphatic rings. The van der Waals surface area contributed by atoms with Crippen molar-refractivity contribution in [3.05, 3.63) is 46.2 Å². The van der Waals surface area contributed by atoms with Crippen LogP contribution in [0.4, 0.5) is 0 Å². The molecular formula is C13H12S. The Balaban J connectivity index is 2.42. The van der Waals surface area contributed by atoms with Gasteiger partial charge >= 0.3 is 0 Å². The molecule has 0 radical (unpaired) electrons. The molecule has 2 aromatic rings. The normalized spacial score (nSPS) is 16.4. The third kappa shape index (κ3) is 0.833. The molecule has 0 spiro atoms. The second-order valence-corrected chi connectivity index (χ2v) is 5.25. The van der Waals surface area contributed by atoms with E-state index in [0.29, 0.717) is 0 Å². The van der Waals surface area contributed by atoms with Crippen molar-refractivity contribution in [3.63, 3.8) is 0 Å². The van der Waals surface area contributed by atoms with Crippen LogP contribution >= 0.6 is 11.3 Å². The molecule has 1 heteroatoms. The highest BCUT2D eigenvalue weighted by Gasteiger charge is 2.35. The predicted octanol–water partition coefficient (Wildman–Crippen LogP) is 4.05. The zero-order valence-electron chi connectivity index (χ0n) is 8.37. The van der Waals surface area contributed by atoms with Crippen molar-refractivity contribution in [1.29, 1.82) is 0 Å². The highest BCUT2D eigenvalue weighted by Crippen LogP contribution is 2.50. The van der Waals surface area contributed by atoms with Crippen molar-refractivity contribution in [1.82, 2.24) is 0 Å². The fraction of sp³-hybridized carbons (Fsp3) is 0.231. The summed E-state index contributed by atoms with van der Waals surface area (Å²) in [5.41, 5.74) is 4.55. The van der Waals surface area contributed by atoms with E-state index in [1.807, 2.05) is 11.3 Å². The second kappa shape index (κ2) is 2.48. The van der Waals surface area contributed by atoms with Gasteiger partial charge in [-0.15, -0.1) is 11.3 Å². The minimum absolute atomic E-state index is 0.208. The summed E-state index contributed by atoms with van der Waals surface area (Å²) < 4.78 is 0. The lowest BCUT2D eigenvalue weighted by Gasteiger charge is -2.19. The van der Waals surface area contributed by atoms with Crippen LogP contribution in [0.2, 0.25) is 0 Å². The highest BCUT2D eigenvalue weighted by molar-refractivity contribution is 7.10. The standard InChI is InChI=1S/C13H12S/c1-13(2)11-6-4-3-5-9(11)10-7-8-14-12(10)13/h3-8H,1-2H3. The molecule has 1 heterocycles. The van der Waals surface area contributed by atoms with Gasteiger partial charge in [-0.3, -0.25) is 0 Å². The predicted molar refractivity (Wildman–Crippen MR) is 61.9 cm³/mol. The van der Waals surface area contributed by atoms with Gasteiger partial charge in [0.05, 0.1) is 0 Å². The topological polar surface area (TPSA) is 0 Å². The molecule has 1 aromatic heterocycles. The van der Waals surface area contributed by atoms with E-state index >= 15 is 0 Å². The Hall–Kier alpha value is -1.08. The third-order valence-corrected chi connectivity index (χ3v) is 4.36. The van der Waals surface area contributed by atoms with Crippen molar-refractivity contribution in [2.75, 3.05) is 0 Å². The molecule has 0 atom stereocenters. The Kier molecular flexibility index (Phi) is 1.46. The SMILES string of the molecule is CC1(C)c2ccccc2-c2ccsc21. The second-order valence-electron chi connectivity index (χ2n) is 4.33. The van der Waals surface area contributed by atoms with E-state index in [1.165, 1.54) is 21.6 Å². The van der Waals surface area contributed by atoms with Crippen molar-refractivity contribution in [2.45, 2.75) is 19.3 Å². The average molecular weight is 200 g/mol. The van der Waals surface area contributed by atoms with E-state index in [0.717, 1.165) is 0 Å². The van der Waals surface area contributed by atoms with Crippen LogP contribution in [0.1, 0.15) is 24.3 Å². The maximum atomic E-state index is 2.31. The zero-order chi connectivity index (χ0) is 9.76. The summed E-state index contributed by atoms with van der Waals surface area (Å²) in [6.45, 7) is 4.63. The smallest absolute Gasteiger partial charge is 0.0252 e. The van der Waals surface area contributed by atoms with Gasteiger partial charge in [0.25, 0.3) is 0 Å². The van der Waals surface area contributed by atoms with E-state index < -0.39 is 0 Å². The fourth-order valence-corrected chi connectivity index (χ4v) is 3.44. The first kappa shape index (κ1) is 8.25. The van der Waals surface area contributed by atoms with Gasteiger partial charge in [-0.2, -0.15) is 0 Å². The van der Waals surface area contributed by atoms with Crippen LogP contribution in [0.25, 0.3) is 11.1 Å². The lowest BCUT2D eigenvalue weighted by atomic mass is 9.87. The van der Waals surface area contributed by atoms with E-state index in [4.69, 9.17) is 0 Å². The first-order valence-corrected chi connectivity index (χ1v) is 5.77. The molecule has 0 unspecified atom stereocenters. The van der Waals surface area contributed by atoms with Crippen molar-refractivity contribution >= 4 is 11.3 Å². The molecule has 0 saturated heterocycles. The number of fused-ring (bicyclic) bond motifs is 3. The molecule has 1 aromatic carbocycles. The molecule has 0 amide bonds. The summed E-state index contributed by atoms with van der Waals surface area (Å²) in [5, 5.41) is 2.20. The minimum Gasteiger partial charge on any atom is -0.147 e. The maximum absolute atomic E-state index is 2.31. The van der Waals surface area contributed by atoms with E-state index in [9.17, 15) is 0 Å². The van der Waals surface area contributed by atoms with Crippen LogP contribution < -0.4 is 0 Å². The monoisotopic (exact) mass is 200 g/mol. The summed E-state index contributed by atoms with van der Waals surface area (Å²) in [5.74, 6) is 0. The quantitative estimate of drug-likeness (QED) is 0.601. The molecule has 0 N–H and O–H groups in total. The lowest BCUT2D eigenvalue weighted by molar-refractivity contribution is 0.674. The number of benzene rings is 1. The van der Waals surface area contributed by atoms with E-state index in [1.54, 1.807) is 0 Å². The number of thiophene rings is 1. The van der Waals surface area contributed by atoms with Gasteiger partial charge in [0.2, 0.25) is 0 Å². The van der Waals surface area contributed by atoms with Gasteiger partial charge in [0.15, 0.2) is 0 Å². The number of rotatable bonds is 0. The Morgan fingerprint density at radius 3 is 2.64 bits per heavy atom. The molecule has 0 saturated carbocycles. The molecule has 0 fully saturated rings. The third-order valence-electron chi connectivity index (χ3n) is 3.12. The van der Waals surface area contributed by atoms with Gasteiger partial charge in [0.1, 0.15) is 0 Å². The molecule has 3 rings (SSSR count). The Morgan fingerprint density at radius 2 is 1.79 bits per heavy atom. The molecule has 70 valence electrons. The summed E-state index contributed by atoms with van der Waals surface area (Å²) in [6, 6.07) is 11.0.